The van der Waals surface area contributed by atoms with E-state index in [2.05, 4.69) is 5.32 Å². The predicted molar refractivity (Wildman–Crippen MR) is 75.8 cm³/mol. The molecule has 1 amide bonds. The van der Waals surface area contributed by atoms with Crippen molar-refractivity contribution in [2.24, 2.45) is 0 Å². The minimum atomic E-state index is -0.722. The van der Waals surface area contributed by atoms with E-state index in [9.17, 15) is 9.90 Å². The Bertz CT molecular complexity index is 649. The molecule has 2 aromatic rings. The quantitative estimate of drug-likeness (QED) is 0.880. The highest BCUT2D eigenvalue weighted by Crippen LogP contribution is 2.32. The Kier molecular flexibility index (Phi) is 3.16. The van der Waals surface area contributed by atoms with Gasteiger partial charge in [0.05, 0.1) is 5.69 Å². The Morgan fingerprint density at radius 2 is 1.85 bits per heavy atom. The molecule has 1 unspecified atom stereocenters. The van der Waals surface area contributed by atoms with Crippen molar-refractivity contribution in [2.75, 3.05) is 11.9 Å². The Morgan fingerprint density at radius 3 is 2.60 bits per heavy atom. The molecule has 0 bridgehead atoms. The molecule has 2 N–H and O–H groups in total. The molecular formula is C16H15NO3. The molecule has 3 rings (SSSR count). The van der Waals surface area contributed by atoms with E-state index in [-0.39, 0.29) is 12.5 Å². The second-order valence-electron chi connectivity index (χ2n) is 4.91. The van der Waals surface area contributed by atoms with E-state index >= 15 is 0 Å². The summed E-state index contributed by atoms with van der Waals surface area (Å²) in [4.78, 5) is 11.3. The van der Waals surface area contributed by atoms with Crippen molar-refractivity contribution in [3.8, 4) is 5.75 Å². The zero-order valence-electron chi connectivity index (χ0n) is 11.1. The molecule has 2 aromatic carbocycles. The highest BCUT2D eigenvalue weighted by atomic mass is 16.5. The zero-order chi connectivity index (χ0) is 14.1. The number of rotatable bonds is 2. The number of benzene rings is 2. The lowest BCUT2D eigenvalue weighted by Crippen LogP contribution is -2.25. The first-order valence-electron chi connectivity index (χ1n) is 6.45. The number of anilines is 1. The van der Waals surface area contributed by atoms with Crippen LogP contribution in [0.3, 0.4) is 0 Å². The average molecular weight is 269 g/mol. The maximum atomic E-state index is 11.3. The molecule has 4 nitrogen and oxygen atoms in total. The number of aliphatic hydroxyl groups is 1. The molecule has 20 heavy (non-hydrogen) atoms. The number of aryl methyl sites for hydroxylation is 1. The average Bonchev–Trinajstić information content (AvgIpc) is 2.46. The fraction of sp³-hybridized carbons (Fsp3) is 0.188. The van der Waals surface area contributed by atoms with Crippen molar-refractivity contribution in [1.82, 2.24) is 0 Å². The number of ether oxygens (including phenoxy) is 1. The molecular weight excluding hydrogens is 254 g/mol. The molecule has 102 valence electrons. The number of hydrogen-bond donors (Lipinski definition) is 2. The van der Waals surface area contributed by atoms with Crippen LogP contribution in [-0.4, -0.2) is 17.6 Å². The Labute approximate surface area is 117 Å². The standard InChI is InChI=1S/C16H15NO3/c1-10-2-4-11(5-3-10)16(19)12-6-7-14-13(8-12)17-15(18)9-20-14/h2-8,16,19H,9H2,1H3,(H,17,18). The maximum absolute atomic E-state index is 11.3. The van der Waals surface area contributed by atoms with Crippen molar-refractivity contribution in [1.29, 1.82) is 0 Å². The molecule has 0 aliphatic carbocycles. The summed E-state index contributed by atoms with van der Waals surface area (Å²) in [5.41, 5.74) is 3.29. The highest BCUT2D eigenvalue weighted by molar-refractivity contribution is 5.95. The van der Waals surface area contributed by atoms with Gasteiger partial charge in [-0.3, -0.25) is 4.79 Å². The first-order chi connectivity index (χ1) is 9.63. The molecule has 0 radical (unpaired) electrons. The van der Waals surface area contributed by atoms with Crippen LogP contribution in [0.15, 0.2) is 42.5 Å². The van der Waals surface area contributed by atoms with E-state index in [4.69, 9.17) is 4.74 Å². The maximum Gasteiger partial charge on any atom is 0.262 e. The molecule has 1 heterocycles. The largest absolute Gasteiger partial charge is 0.482 e. The molecule has 0 fully saturated rings. The van der Waals surface area contributed by atoms with Gasteiger partial charge in [-0.2, -0.15) is 0 Å². The molecule has 1 aliphatic heterocycles. The second-order valence-corrected chi connectivity index (χ2v) is 4.91. The molecule has 0 saturated heterocycles. The lowest BCUT2D eigenvalue weighted by molar-refractivity contribution is -0.118. The summed E-state index contributed by atoms with van der Waals surface area (Å²) >= 11 is 0. The summed E-state index contributed by atoms with van der Waals surface area (Å²) in [7, 11) is 0. The van der Waals surface area contributed by atoms with Crippen LogP contribution in [0.5, 0.6) is 5.75 Å². The Balaban J connectivity index is 1.92. The zero-order valence-corrected chi connectivity index (χ0v) is 11.1. The topological polar surface area (TPSA) is 58.6 Å². The van der Waals surface area contributed by atoms with Gasteiger partial charge >= 0.3 is 0 Å². The van der Waals surface area contributed by atoms with Crippen molar-refractivity contribution < 1.29 is 14.6 Å². The number of carbonyl (C=O) groups is 1. The number of aliphatic hydroxyl groups excluding tert-OH is 1. The van der Waals surface area contributed by atoms with E-state index in [0.717, 1.165) is 16.7 Å². The van der Waals surface area contributed by atoms with Crippen LogP contribution in [0.2, 0.25) is 0 Å². The third-order valence-corrected chi connectivity index (χ3v) is 3.35. The number of amides is 1. The first-order valence-corrected chi connectivity index (χ1v) is 6.45. The van der Waals surface area contributed by atoms with Gasteiger partial charge in [0.25, 0.3) is 5.91 Å². The monoisotopic (exact) mass is 269 g/mol. The van der Waals surface area contributed by atoms with Crippen LogP contribution in [0, 0.1) is 6.92 Å². The van der Waals surface area contributed by atoms with E-state index in [0.29, 0.717) is 11.4 Å². The van der Waals surface area contributed by atoms with Crippen LogP contribution >= 0.6 is 0 Å². The van der Waals surface area contributed by atoms with Gasteiger partial charge in [-0.1, -0.05) is 35.9 Å². The van der Waals surface area contributed by atoms with E-state index < -0.39 is 6.10 Å². The van der Waals surface area contributed by atoms with Crippen molar-refractivity contribution in [3.63, 3.8) is 0 Å². The van der Waals surface area contributed by atoms with Crippen LogP contribution < -0.4 is 10.1 Å². The number of hydrogen-bond acceptors (Lipinski definition) is 3. The van der Waals surface area contributed by atoms with Crippen LogP contribution in [-0.2, 0) is 4.79 Å². The van der Waals surface area contributed by atoms with Gasteiger partial charge < -0.3 is 15.2 Å². The third kappa shape index (κ3) is 2.38. The summed E-state index contributed by atoms with van der Waals surface area (Å²) in [6.07, 6.45) is -0.722. The number of nitrogens with one attached hydrogen (secondary N) is 1. The first kappa shape index (κ1) is 12.7. The van der Waals surface area contributed by atoms with Gasteiger partial charge in [-0.15, -0.1) is 0 Å². The molecule has 1 aliphatic rings. The van der Waals surface area contributed by atoms with Gasteiger partial charge in [0.1, 0.15) is 11.9 Å². The molecule has 0 aromatic heterocycles. The lowest BCUT2D eigenvalue weighted by Gasteiger charge is -2.20. The summed E-state index contributed by atoms with van der Waals surface area (Å²) in [5, 5.41) is 13.1. The molecule has 4 heteroatoms. The van der Waals surface area contributed by atoms with Crippen LogP contribution in [0.25, 0.3) is 0 Å². The van der Waals surface area contributed by atoms with Gasteiger partial charge in [0.15, 0.2) is 6.61 Å². The molecule has 1 atom stereocenters. The van der Waals surface area contributed by atoms with E-state index in [1.54, 1.807) is 18.2 Å². The minimum absolute atomic E-state index is 0.0346. The summed E-state index contributed by atoms with van der Waals surface area (Å²) < 4.78 is 5.30. The van der Waals surface area contributed by atoms with Crippen molar-refractivity contribution >= 4 is 11.6 Å². The molecule has 0 saturated carbocycles. The van der Waals surface area contributed by atoms with Gasteiger partial charge in [-0.05, 0) is 30.2 Å². The van der Waals surface area contributed by atoms with Gasteiger partial charge in [-0.25, -0.2) is 0 Å². The normalized spacial score (nSPS) is 15.0. The van der Waals surface area contributed by atoms with Crippen molar-refractivity contribution in [2.45, 2.75) is 13.0 Å². The Hall–Kier alpha value is -2.33. The Morgan fingerprint density at radius 1 is 1.15 bits per heavy atom. The van der Waals surface area contributed by atoms with Crippen LogP contribution in [0.1, 0.15) is 22.8 Å². The van der Waals surface area contributed by atoms with Crippen LogP contribution in [0.4, 0.5) is 5.69 Å². The fourth-order valence-corrected chi connectivity index (χ4v) is 2.21. The van der Waals surface area contributed by atoms with Crippen molar-refractivity contribution in [3.05, 3.63) is 59.2 Å². The summed E-state index contributed by atoms with van der Waals surface area (Å²) in [6.45, 7) is 2.04. The van der Waals surface area contributed by atoms with Gasteiger partial charge in [0.2, 0.25) is 0 Å². The summed E-state index contributed by atoms with van der Waals surface area (Å²) in [6, 6.07) is 13.0. The predicted octanol–water partition coefficient (Wildman–Crippen LogP) is 2.41. The number of fused-ring (bicyclic) bond motifs is 1. The lowest BCUT2D eigenvalue weighted by atomic mass is 9.99. The SMILES string of the molecule is Cc1ccc(C(O)c2ccc3c(c2)NC(=O)CO3)cc1. The van der Waals surface area contributed by atoms with E-state index in [1.165, 1.54) is 0 Å². The van der Waals surface area contributed by atoms with E-state index in [1.807, 2.05) is 31.2 Å². The second kappa shape index (κ2) is 4.98. The summed E-state index contributed by atoms with van der Waals surface area (Å²) in [5.74, 6) is 0.448. The number of carbonyl (C=O) groups excluding carboxylic acids is 1. The third-order valence-electron chi connectivity index (χ3n) is 3.35. The minimum Gasteiger partial charge on any atom is -0.482 e. The smallest absolute Gasteiger partial charge is 0.262 e. The molecule has 0 spiro atoms. The fourth-order valence-electron chi connectivity index (χ4n) is 2.21. The van der Waals surface area contributed by atoms with Gasteiger partial charge in [0, 0.05) is 0 Å². The highest BCUT2D eigenvalue weighted by Gasteiger charge is 2.18.